The van der Waals surface area contributed by atoms with Crippen molar-refractivity contribution in [1.29, 1.82) is 0 Å². The molecule has 0 fully saturated rings. The van der Waals surface area contributed by atoms with Gasteiger partial charge in [0.05, 0.1) is 16.4 Å². The first-order chi connectivity index (χ1) is 14.0. The Morgan fingerprint density at radius 1 is 1.10 bits per heavy atom. The number of aromatic hydroxyl groups is 1. The van der Waals surface area contributed by atoms with Crippen LogP contribution in [0.5, 0.6) is 5.88 Å². The second-order valence-electron chi connectivity index (χ2n) is 6.23. The molecule has 0 atom stereocenters. The van der Waals surface area contributed by atoms with Gasteiger partial charge >= 0.3 is 5.69 Å². The fraction of sp³-hybridized carbons (Fsp3) is 0.190. The summed E-state index contributed by atoms with van der Waals surface area (Å²) in [5.74, 6) is -0.532. The molecule has 0 saturated carbocycles. The van der Waals surface area contributed by atoms with Crippen molar-refractivity contribution in [2.45, 2.75) is 13.8 Å². The third-order valence-electron chi connectivity index (χ3n) is 4.54. The van der Waals surface area contributed by atoms with Gasteiger partial charge in [-0.15, -0.1) is 0 Å². The summed E-state index contributed by atoms with van der Waals surface area (Å²) >= 11 is 6.13. The SMILES string of the molecule is CCN(CC)c1ccc(N=Cc2c(O)n(-c3ccccc3Cl)c(=O)[nH]c2=O)cc1. The zero-order valence-corrected chi connectivity index (χ0v) is 16.8. The Kier molecular flexibility index (Phi) is 6.19. The topological polar surface area (TPSA) is 90.7 Å². The number of hydrogen-bond donors (Lipinski definition) is 2. The van der Waals surface area contributed by atoms with Crippen LogP contribution in [0, 0.1) is 0 Å². The average molecular weight is 413 g/mol. The van der Waals surface area contributed by atoms with E-state index in [4.69, 9.17) is 11.6 Å². The van der Waals surface area contributed by atoms with Crippen molar-refractivity contribution in [3.63, 3.8) is 0 Å². The Bertz CT molecular complexity index is 1150. The van der Waals surface area contributed by atoms with Gasteiger partial charge in [0, 0.05) is 25.0 Å². The maximum Gasteiger partial charge on any atom is 0.335 e. The molecule has 0 radical (unpaired) electrons. The minimum Gasteiger partial charge on any atom is -0.493 e. The Morgan fingerprint density at radius 3 is 2.38 bits per heavy atom. The zero-order chi connectivity index (χ0) is 21.0. The summed E-state index contributed by atoms with van der Waals surface area (Å²) in [7, 11) is 0. The summed E-state index contributed by atoms with van der Waals surface area (Å²) in [6, 6.07) is 14.0. The molecule has 1 heterocycles. The molecule has 0 saturated heterocycles. The van der Waals surface area contributed by atoms with Crippen LogP contribution in [-0.2, 0) is 0 Å². The minimum atomic E-state index is -0.790. The zero-order valence-electron chi connectivity index (χ0n) is 16.1. The van der Waals surface area contributed by atoms with E-state index in [1.165, 1.54) is 6.21 Å². The van der Waals surface area contributed by atoms with Crippen LogP contribution >= 0.6 is 11.6 Å². The first-order valence-electron chi connectivity index (χ1n) is 9.18. The average Bonchev–Trinajstić information content (AvgIpc) is 2.71. The summed E-state index contributed by atoms with van der Waals surface area (Å²) in [6.07, 6.45) is 1.23. The van der Waals surface area contributed by atoms with E-state index in [2.05, 4.69) is 28.7 Å². The van der Waals surface area contributed by atoms with E-state index in [9.17, 15) is 14.7 Å². The van der Waals surface area contributed by atoms with E-state index < -0.39 is 17.1 Å². The van der Waals surface area contributed by atoms with Gasteiger partial charge in [-0.25, -0.2) is 9.36 Å². The number of para-hydroxylation sites is 1. The fourth-order valence-electron chi connectivity index (χ4n) is 2.99. The number of hydrogen-bond acceptors (Lipinski definition) is 5. The summed E-state index contributed by atoms with van der Waals surface area (Å²) in [5.41, 5.74) is 0.265. The van der Waals surface area contributed by atoms with Crippen LogP contribution in [0.1, 0.15) is 19.4 Å². The van der Waals surface area contributed by atoms with Crippen LogP contribution < -0.4 is 16.1 Å². The highest BCUT2D eigenvalue weighted by molar-refractivity contribution is 6.32. The molecule has 0 bridgehead atoms. The molecular weight excluding hydrogens is 392 g/mol. The number of aromatic amines is 1. The second-order valence-corrected chi connectivity index (χ2v) is 6.64. The predicted octanol–water partition coefficient (Wildman–Crippen LogP) is 3.48. The van der Waals surface area contributed by atoms with Crippen LogP contribution in [0.3, 0.4) is 0 Å². The van der Waals surface area contributed by atoms with Crippen molar-refractivity contribution in [3.8, 4) is 11.6 Å². The van der Waals surface area contributed by atoms with E-state index >= 15 is 0 Å². The van der Waals surface area contributed by atoms with Gasteiger partial charge in [-0.2, -0.15) is 0 Å². The number of nitrogens with one attached hydrogen (secondary N) is 1. The first-order valence-corrected chi connectivity index (χ1v) is 9.56. The summed E-state index contributed by atoms with van der Waals surface area (Å²) in [6.45, 7) is 5.95. The molecule has 2 aromatic carbocycles. The molecule has 1 aromatic heterocycles. The lowest BCUT2D eigenvalue weighted by Crippen LogP contribution is -2.31. The molecular formula is C21H21ClN4O3. The highest BCUT2D eigenvalue weighted by atomic mass is 35.5. The number of anilines is 1. The third-order valence-corrected chi connectivity index (χ3v) is 4.85. The van der Waals surface area contributed by atoms with Gasteiger partial charge in [-0.3, -0.25) is 14.8 Å². The van der Waals surface area contributed by atoms with Crippen molar-refractivity contribution in [3.05, 3.63) is 80.0 Å². The molecule has 0 aliphatic heterocycles. The molecule has 150 valence electrons. The van der Waals surface area contributed by atoms with Gasteiger partial charge in [0.2, 0.25) is 5.88 Å². The number of aromatic nitrogens is 2. The Labute approximate surface area is 172 Å². The molecule has 0 aliphatic rings. The molecule has 3 rings (SSSR count). The minimum absolute atomic E-state index is 0.141. The van der Waals surface area contributed by atoms with E-state index in [-0.39, 0.29) is 16.3 Å². The number of nitrogens with zero attached hydrogens (tertiary/aromatic N) is 3. The largest absolute Gasteiger partial charge is 0.493 e. The van der Waals surface area contributed by atoms with Crippen molar-refractivity contribution in [1.82, 2.24) is 9.55 Å². The van der Waals surface area contributed by atoms with Gasteiger partial charge in [-0.05, 0) is 50.2 Å². The maximum atomic E-state index is 12.2. The molecule has 3 aromatic rings. The van der Waals surface area contributed by atoms with Gasteiger partial charge in [0.15, 0.2) is 0 Å². The molecule has 2 N–H and O–H groups in total. The normalized spacial score (nSPS) is 11.1. The number of H-pyrrole nitrogens is 1. The van der Waals surface area contributed by atoms with Gasteiger partial charge in [-0.1, -0.05) is 23.7 Å². The highest BCUT2D eigenvalue weighted by Crippen LogP contribution is 2.23. The molecule has 8 heteroatoms. The number of benzene rings is 2. The first kappa shape index (κ1) is 20.4. The summed E-state index contributed by atoms with van der Waals surface area (Å²) in [5, 5.41) is 10.8. The molecule has 0 spiro atoms. The fourth-order valence-corrected chi connectivity index (χ4v) is 3.21. The van der Waals surface area contributed by atoms with Gasteiger partial charge in [0.1, 0.15) is 5.56 Å². The van der Waals surface area contributed by atoms with Crippen LogP contribution in [0.15, 0.2) is 63.1 Å². The summed E-state index contributed by atoms with van der Waals surface area (Å²) in [4.78, 5) is 33.1. The van der Waals surface area contributed by atoms with E-state index in [1.54, 1.807) is 24.3 Å². The van der Waals surface area contributed by atoms with Crippen LogP contribution in [-0.4, -0.2) is 34.0 Å². The molecule has 0 aliphatic carbocycles. The monoisotopic (exact) mass is 412 g/mol. The van der Waals surface area contributed by atoms with Crippen molar-refractivity contribution in [2.24, 2.45) is 4.99 Å². The van der Waals surface area contributed by atoms with Crippen molar-refractivity contribution in [2.75, 3.05) is 18.0 Å². The maximum absolute atomic E-state index is 12.2. The predicted molar refractivity (Wildman–Crippen MR) is 117 cm³/mol. The standard InChI is InChI=1S/C21H21ClN4O3/c1-3-25(4-2)15-11-9-14(10-12-15)23-13-16-19(27)24-21(29)26(20(16)28)18-8-6-5-7-17(18)22/h5-13,28H,3-4H2,1-2H3,(H,24,27,29). The number of aliphatic imine (C=N–C) groups is 1. The Balaban J connectivity index is 2.00. The van der Waals surface area contributed by atoms with Gasteiger partial charge < -0.3 is 10.0 Å². The number of halogens is 1. The van der Waals surface area contributed by atoms with Crippen molar-refractivity contribution < 1.29 is 5.11 Å². The quantitative estimate of drug-likeness (QED) is 0.606. The lowest BCUT2D eigenvalue weighted by atomic mass is 10.2. The molecule has 0 unspecified atom stereocenters. The number of rotatable bonds is 6. The van der Waals surface area contributed by atoms with E-state index in [0.29, 0.717) is 5.69 Å². The molecule has 29 heavy (non-hydrogen) atoms. The Hall–Kier alpha value is -3.32. The lowest BCUT2D eigenvalue weighted by Gasteiger charge is -2.20. The van der Waals surface area contributed by atoms with Crippen LogP contribution in [0.2, 0.25) is 5.02 Å². The van der Waals surface area contributed by atoms with Crippen LogP contribution in [0.4, 0.5) is 11.4 Å². The molecule has 7 nitrogen and oxygen atoms in total. The smallest absolute Gasteiger partial charge is 0.335 e. The summed E-state index contributed by atoms with van der Waals surface area (Å²) < 4.78 is 0.939. The van der Waals surface area contributed by atoms with E-state index in [1.807, 2.05) is 24.3 Å². The van der Waals surface area contributed by atoms with Crippen LogP contribution in [0.25, 0.3) is 5.69 Å². The highest BCUT2D eigenvalue weighted by Gasteiger charge is 2.16. The van der Waals surface area contributed by atoms with E-state index in [0.717, 1.165) is 23.3 Å². The molecule has 0 amide bonds. The lowest BCUT2D eigenvalue weighted by molar-refractivity contribution is 0.430. The second kappa shape index (κ2) is 8.79. The third kappa shape index (κ3) is 4.25. The Morgan fingerprint density at radius 2 is 1.76 bits per heavy atom. The van der Waals surface area contributed by atoms with Crippen molar-refractivity contribution >= 4 is 29.2 Å². The van der Waals surface area contributed by atoms with Gasteiger partial charge in [0.25, 0.3) is 5.56 Å².